The highest BCUT2D eigenvalue weighted by molar-refractivity contribution is 14.1. The van der Waals surface area contributed by atoms with E-state index in [0.717, 1.165) is 25.0 Å². The molecule has 2 heterocycles. The first-order valence-electron chi connectivity index (χ1n) is 7.81. The Bertz CT molecular complexity index is 465. The smallest absolute Gasteiger partial charge is 0.315 e. The number of fused-ring (bicyclic) bond motifs is 1. The van der Waals surface area contributed by atoms with E-state index in [1.807, 2.05) is 34.4 Å². The summed E-state index contributed by atoms with van der Waals surface area (Å²) >= 11 is 3.85. The van der Waals surface area contributed by atoms with E-state index in [9.17, 15) is 14.4 Å². The summed E-state index contributed by atoms with van der Waals surface area (Å²) in [4.78, 5) is 34.4. The molecule has 0 bridgehead atoms. The van der Waals surface area contributed by atoms with Crippen molar-refractivity contribution in [2.75, 3.05) is 16.7 Å². The Kier molecular flexibility index (Phi) is 7.41. The maximum Gasteiger partial charge on any atom is 0.315 e. The minimum absolute atomic E-state index is 0.00783. The monoisotopic (exact) mass is 454 g/mol. The lowest BCUT2D eigenvalue weighted by atomic mass is 10.0. The minimum atomic E-state index is -0.620. The molecule has 3 amide bonds. The third-order valence-corrected chi connectivity index (χ3v) is 6.36. The second kappa shape index (κ2) is 9.07. The molecule has 7 nitrogen and oxygen atoms in total. The fourth-order valence-corrected chi connectivity index (χ4v) is 4.67. The van der Waals surface area contributed by atoms with Gasteiger partial charge in [-0.2, -0.15) is 11.8 Å². The Labute approximate surface area is 153 Å². The second-order valence-electron chi connectivity index (χ2n) is 5.88. The molecule has 0 spiro atoms. The molecule has 130 valence electrons. The first-order chi connectivity index (χ1) is 11.0. The average Bonchev–Trinajstić information content (AvgIpc) is 3.08. The average molecular weight is 454 g/mol. The summed E-state index contributed by atoms with van der Waals surface area (Å²) in [6.07, 6.45) is 3.16. The number of hydrogen-bond donors (Lipinski definition) is 4. The molecule has 0 aromatic carbocycles. The van der Waals surface area contributed by atoms with Crippen molar-refractivity contribution in [3.8, 4) is 0 Å². The second-order valence-corrected chi connectivity index (χ2v) is 7.91. The number of nitrogens with two attached hydrogens (primary N) is 1. The van der Waals surface area contributed by atoms with E-state index in [1.165, 1.54) is 0 Å². The molecule has 0 aromatic rings. The molecule has 0 saturated carbocycles. The number of carbonyl (C=O) groups excluding carboxylic acids is 3. The highest BCUT2D eigenvalue weighted by atomic mass is 127. The third kappa shape index (κ3) is 5.49. The van der Waals surface area contributed by atoms with Gasteiger partial charge in [-0.3, -0.25) is 9.59 Å². The molecule has 2 saturated heterocycles. The molecular formula is C14H23IN4O3S. The van der Waals surface area contributed by atoms with Crippen LogP contribution in [0.3, 0.4) is 0 Å². The van der Waals surface area contributed by atoms with E-state index in [0.29, 0.717) is 16.1 Å². The third-order valence-electron chi connectivity index (χ3n) is 4.15. The van der Waals surface area contributed by atoms with Crippen molar-refractivity contribution in [3.63, 3.8) is 0 Å². The number of thioether (sulfide) groups is 1. The maximum absolute atomic E-state index is 11.9. The van der Waals surface area contributed by atoms with Crippen LogP contribution >= 0.6 is 34.4 Å². The predicted molar refractivity (Wildman–Crippen MR) is 98.8 cm³/mol. The zero-order chi connectivity index (χ0) is 16.8. The number of halogens is 1. The summed E-state index contributed by atoms with van der Waals surface area (Å²) in [5, 5.41) is 8.95. The van der Waals surface area contributed by atoms with Gasteiger partial charge in [0, 0.05) is 24.0 Å². The number of ketones is 1. The van der Waals surface area contributed by atoms with Gasteiger partial charge < -0.3 is 21.7 Å². The number of Topliss-reactive ketones (excluding diaryl/α,β-unsaturated/α-hetero) is 1. The normalized spacial score (nSPS) is 27.0. The van der Waals surface area contributed by atoms with Crippen LogP contribution in [0.5, 0.6) is 0 Å². The van der Waals surface area contributed by atoms with E-state index < -0.39 is 6.04 Å². The van der Waals surface area contributed by atoms with Crippen LogP contribution in [0.15, 0.2) is 0 Å². The van der Waals surface area contributed by atoms with Crippen LogP contribution in [0.1, 0.15) is 25.7 Å². The molecule has 2 aliphatic rings. The van der Waals surface area contributed by atoms with Gasteiger partial charge >= 0.3 is 6.03 Å². The number of rotatable bonds is 9. The van der Waals surface area contributed by atoms with Gasteiger partial charge in [-0.05, 0) is 12.8 Å². The van der Waals surface area contributed by atoms with Crippen molar-refractivity contribution >= 4 is 52.1 Å². The van der Waals surface area contributed by atoms with Gasteiger partial charge in [0.1, 0.15) is 0 Å². The number of unbranched alkanes of at least 4 members (excludes halogenated alkanes) is 1. The highest BCUT2D eigenvalue weighted by Gasteiger charge is 2.42. The van der Waals surface area contributed by atoms with Crippen molar-refractivity contribution < 1.29 is 14.4 Å². The van der Waals surface area contributed by atoms with Gasteiger partial charge in [0.2, 0.25) is 5.91 Å². The van der Waals surface area contributed by atoms with E-state index in [1.54, 1.807) is 0 Å². The van der Waals surface area contributed by atoms with Crippen LogP contribution in [-0.2, 0) is 9.59 Å². The lowest BCUT2D eigenvalue weighted by molar-refractivity contribution is -0.121. The summed E-state index contributed by atoms with van der Waals surface area (Å²) < 4.78 is 0.366. The molecule has 5 N–H and O–H groups in total. The number of carbonyl (C=O) groups is 3. The molecule has 1 unspecified atom stereocenters. The minimum Gasteiger partial charge on any atom is -0.353 e. The van der Waals surface area contributed by atoms with Crippen LogP contribution in [-0.4, -0.2) is 57.8 Å². The highest BCUT2D eigenvalue weighted by Crippen LogP contribution is 2.33. The first-order valence-corrected chi connectivity index (χ1v) is 10.4. The molecule has 23 heavy (non-hydrogen) atoms. The van der Waals surface area contributed by atoms with E-state index in [2.05, 4.69) is 16.0 Å². The lowest BCUT2D eigenvalue weighted by Gasteiger charge is -2.16. The molecule has 2 rings (SSSR count). The number of amides is 3. The summed E-state index contributed by atoms with van der Waals surface area (Å²) in [5.74, 6) is 0.842. The van der Waals surface area contributed by atoms with Crippen LogP contribution in [0.25, 0.3) is 0 Å². The van der Waals surface area contributed by atoms with Crippen molar-refractivity contribution in [2.45, 2.75) is 49.1 Å². The van der Waals surface area contributed by atoms with Crippen LogP contribution in [0, 0.1) is 0 Å². The summed E-state index contributed by atoms with van der Waals surface area (Å²) in [6.45, 7) is 0.209. The van der Waals surface area contributed by atoms with E-state index in [-0.39, 0.29) is 36.3 Å². The zero-order valence-electron chi connectivity index (χ0n) is 12.8. The Morgan fingerprint density at radius 3 is 2.91 bits per heavy atom. The topological polar surface area (TPSA) is 113 Å². The number of alkyl halides is 1. The summed E-state index contributed by atoms with van der Waals surface area (Å²) in [5.41, 5.74) is 5.78. The van der Waals surface area contributed by atoms with Gasteiger partial charge in [0.15, 0.2) is 5.78 Å². The Hall–Kier alpha value is -0.550. The summed E-state index contributed by atoms with van der Waals surface area (Å²) in [7, 11) is 0. The molecule has 9 heteroatoms. The largest absolute Gasteiger partial charge is 0.353 e. The van der Waals surface area contributed by atoms with Crippen molar-refractivity contribution in [3.05, 3.63) is 0 Å². The van der Waals surface area contributed by atoms with E-state index >= 15 is 0 Å². The molecule has 0 radical (unpaired) electrons. The van der Waals surface area contributed by atoms with Gasteiger partial charge in [0.25, 0.3) is 0 Å². The first kappa shape index (κ1) is 18.8. The van der Waals surface area contributed by atoms with E-state index in [4.69, 9.17) is 5.73 Å². The van der Waals surface area contributed by atoms with Crippen LogP contribution < -0.4 is 21.7 Å². The fraction of sp³-hybridized carbons (Fsp3) is 0.786. The number of hydrogen-bond acceptors (Lipinski definition) is 5. The maximum atomic E-state index is 11.9. The number of urea groups is 1. The molecule has 2 fully saturated rings. The zero-order valence-corrected chi connectivity index (χ0v) is 15.8. The van der Waals surface area contributed by atoms with Gasteiger partial charge in [-0.15, -0.1) is 0 Å². The van der Waals surface area contributed by atoms with Gasteiger partial charge in [-0.25, -0.2) is 4.79 Å². The quantitative estimate of drug-likeness (QED) is 0.172. The van der Waals surface area contributed by atoms with Gasteiger partial charge in [-0.1, -0.05) is 29.0 Å². The molecular weight excluding hydrogens is 431 g/mol. The van der Waals surface area contributed by atoms with Crippen LogP contribution in [0.2, 0.25) is 0 Å². The molecule has 4 atom stereocenters. The molecule has 2 aliphatic heterocycles. The Balaban J connectivity index is 1.59. The Morgan fingerprint density at radius 1 is 1.39 bits per heavy atom. The standard InChI is InChI=1S/C14H23IN4O3S/c15-5-12(21)17-6-8(16)10(20)3-1-2-4-11-13-9(7-23-11)18-14(22)19-13/h8-9,11,13H,1-7,16H2,(H,17,21)(H2,18,19,22)/t8?,9-,11-,13-/m0/s1. The molecule has 0 aliphatic carbocycles. The fourth-order valence-electron chi connectivity index (χ4n) is 2.86. The Morgan fingerprint density at radius 2 is 2.17 bits per heavy atom. The number of nitrogens with one attached hydrogen (secondary N) is 3. The van der Waals surface area contributed by atoms with Crippen molar-refractivity contribution in [1.29, 1.82) is 0 Å². The molecule has 0 aromatic heterocycles. The SMILES string of the molecule is NC(CNC(=O)CI)C(=O)CCCC[C@@H]1SC[C@@H]2NC(=O)N[C@@H]21. The lowest BCUT2D eigenvalue weighted by Crippen LogP contribution is -2.42. The van der Waals surface area contributed by atoms with Crippen molar-refractivity contribution in [2.24, 2.45) is 5.73 Å². The van der Waals surface area contributed by atoms with Crippen LogP contribution in [0.4, 0.5) is 4.79 Å². The van der Waals surface area contributed by atoms with Crippen molar-refractivity contribution in [1.82, 2.24) is 16.0 Å². The predicted octanol–water partition coefficient (Wildman–Crippen LogP) is 0.160. The summed E-state index contributed by atoms with van der Waals surface area (Å²) in [6, 6.07) is -0.228. The van der Waals surface area contributed by atoms with Gasteiger partial charge in [0.05, 0.1) is 22.6 Å².